The molecule has 0 aromatic heterocycles. The number of sulfonamides is 1. The number of fused-ring (bicyclic) bond motifs is 1. The molecule has 158 valence electrons. The molecule has 1 aliphatic heterocycles. The molecule has 3 rings (SSSR count). The van der Waals surface area contributed by atoms with E-state index in [0.717, 1.165) is 0 Å². The summed E-state index contributed by atoms with van der Waals surface area (Å²) in [4.78, 5) is 28.0. The van der Waals surface area contributed by atoms with Gasteiger partial charge in [0, 0.05) is 15.6 Å². The summed E-state index contributed by atoms with van der Waals surface area (Å²) in [5, 5.41) is 3.54. The lowest BCUT2D eigenvalue weighted by atomic mass is 10.1. The Morgan fingerprint density at radius 1 is 1.20 bits per heavy atom. The molecule has 30 heavy (non-hydrogen) atoms. The number of rotatable bonds is 6. The molecule has 2 aromatic rings. The Bertz CT molecular complexity index is 1130. The van der Waals surface area contributed by atoms with Crippen LogP contribution in [0.15, 0.2) is 52.4 Å². The highest BCUT2D eigenvalue weighted by atomic mass is 35.5. The molecule has 0 saturated carbocycles. The summed E-state index contributed by atoms with van der Waals surface area (Å²) in [6, 6.07) is 10.8. The number of carbonyl (C=O) groups is 2. The number of benzene rings is 2. The van der Waals surface area contributed by atoms with Gasteiger partial charge in [-0.1, -0.05) is 41.4 Å². The topological polar surface area (TPSA) is 114 Å². The average molecular weight is 470 g/mol. The fourth-order valence-electron chi connectivity index (χ4n) is 2.80. The first kappa shape index (κ1) is 22.1. The van der Waals surface area contributed by atoms with Gasteiger partial charge in [-0.3, -0.25) is 19.3 Å². The predicted molar refractivity (Wildman–Crippen MR) is 112 cm³/mol. The van der Waals surface area contributed by atoms with Gasteiger partial charge < -0.3 is 10.1 Å². The van der Waals surface area contributed by atoms with Crippen LogP contribution in [0.5, 0.6) is 0 Å². The van der Waals surface area contributed by atoms with Crippen molar-refractivity contribution in [3.8, 4) is 0 Å². The average Bonchev–Trinajstić information content (AvgIpc) is 2.95. The minimum atomic E-state index is -3.69. The molecule has 1 atom stereocenters. The first-order chi connectivity index (χ1) is 14.2. The lowest BCUT2D eigenvalue weighted by molar-refractivity contribution is -0.147. The summed E-state index contributed by atoms with van der Waals surface area (Å²) in [7, 11) is -3.69. The van der Waals surface area contributed by atoms with Crippen LogP contribution in [0.2, 0.25) is 10.0 Å². The first-order valence-corrected chi connectivity index (χ1v) is 11.0. The van der Waals surface area contributed by atoms with Gasteiger partial charge in [-0.15, -0.1) is 0 Å². The van der Waals surface area contributed by atoms with Crippen molar-refractivity contribution >= 4 is 50.9 Å². The molecule has 0 bridgehead atoms. The zero-order valence-electron chi connectivity index (χ0n) is 15.7. The fraction of sp³-hybridized carbons (Fsp3) is 0.211. The second-order valence-corrected chi connectivity index (χ2v) is 8.88. The van der Waals surface area contributed by atoms with Gasteiger partial charge in [0.25, 0.3) is 15.9 Å². The molecule has 2 aromatic carbocycles. The number of esters is 1. The Balaban J connectivity index is 1.53. The zero-order chi connectivity index (χ0) is 21.9. The third-order valence-electron chi connectivity index (χ3n) is 4.20. The van der Waals surface area contributed by atoms with E-state index in [-0.39, 0.29) is 10.7 Å². The van der Waals surface area contributed by atoms with Crippen molar-refractivity contribution in [3.05, 3.63) is 63.6 Å². The third kappa shape index (κ3) is 5.10. The van der Waals surface area contributed by atoms with Gasteiger partial charge in [-0.25, -0.2) is 8.42 Å². The van der Waals surface area contributed by atoms with Crippen LogP contribution in [0.1, 0.15) is 24.1 Å². The van der Waals surface area contributed by atoms with Gasteiger partial charge in [-0.2, -0.15) is 0 Å². The molecule has 8 nitrogen and oxygen atoms in total. The van der Waals surface area contributed by atoms with Crippen LogP contribution < -0.4 is 10.0 Å². The summed E-state index contributed by atoms with van der Waals surface area (Å²) in [6.45, 7) is 0.768. The molecular formula is C19H17Cl2N3O5S. The normalized spacial score (nSPS) is 16.4. The van der Waals surface area contributed by atoms with E-state index in [2.05, 4.69) is 15.0 Å². The predicted octanol–water partition coefficient (Wildman–Crippen LogP) is 2.45. The number of hydrogen-bond donors (Lipinski definition) is 2. The largest absolute Gasteiger partial charge is 0.454 e. The molecule has 1 amide bonds. The molecular weight excluding hydrogens is 453 g/mol. The Hall–Kier alpha value is -2.62. The molecule has 1 heterocycles. The monoisotopic (exact) mass is 469 g/mol. The quantitative estimate of drug-likeness (QED) is 0.630. The Morgan fingerprint density at radius 2 is 1.93 bits per heavy atom. The van der Waals surface area contributed by atoms with Gasteiger partial charge in [-0.05, 0) is 36.8 Å². The smallest absolute Gasteiger partial charge is 0.328 e. The summed E-state index contributed by atoms with van der Waals surface area (Å²) >= 11 is 12.0. The molecule has 0 aliphatic carbocycles. The lowest BCUT2D eigenvalue weighted by Gasteiger charge is -2.16. The number of nitrogens with one attached hydrogen (secondary N) is 2. The Morgan fingerprint density at radius 3 is 2.67 bits per heavy atom. The van der Waals surface area contributed by atoms with E-state index >= 15 is 0 Å². The molecule has 0 spiro atoms. The van der Waals surface area contributed by atoms with E-state index in [4.69, 9.17) is 27.9 Å². The van der Waals surface area contributed by atoms with Crippen LogP contribution >= 0.6 is 23.2 Å². The first-order valence-electron chi connectivity index (χ1n) is 8.74. The number of hydrogen-bond acceptors (Lipinski definition) is 6. The van der Waals surface area contributed by atoms with Crippen LogP contribution in [0, 0.1) is 0 Å². The van der Waals surface area contributed by atoms with Crippen LogP contribution in [0.25, 0.3) is 0 Å². The van der Waals surface area contributed by atoms with Gasteiger partial charge in [0.1, 0.15) is 12.4 Å². The molecule has 0 radical (unpaired) electrons. The van der Waals surface area contributed by atoms with Crippen molar-refractivity contribution in [1.82, 2.24) is 10.0 Å². The van der Waals surface area contributed by atoms with Crippen LogP contribution in [-0.2, 0) is 24.3 Å². The second kappa shape index (κ2) is 9.03. The summed E-state index contributed by atoms with van der Waals surface area (Å²) in [6.07, 6.45) is 0. The molecule has 1 unspecified atom stereocenters. The maximum Gasteiger partial charge on any atom is 0.328 e. The van der Waals surface area contributed by atoms with Crippen molar-refractivity contribution in [2.24, 2.45) is 4.99 Å². The number of nitrogens with zero attached hydrogens (tertiary/aromatic N) is 1. The number of amides is 1. The highest BCUT2D eigenvalue weighted by Gasteiger charge is 2.30. The molecule has 2 N–H and O–H groups in total. The standard InChI is InChI=1S/C19H17Cl2N3O5S/c1-11(13-7-6-12(20)8-15(13)21)23-17(25)10-29-18(26)9-22-19-14-4-2-3-5-16(14)30(27,28)24-19/h2-8,11H,9-10H2,1H3,(H,22,24)(H,23,25). The minimum Gasteiger partial charge on any atom is -0.454 e. The van der Waals surface area contributed by atoms with Crippen molar-refractivity contribution < 1.29 is 22.7 Å². The van der Waals surface area contributed by atoms with E-state index in [1.54, 1.807) is 43.3 Å². The van der Waals surface area contributed by atoms with Crippen LogP contribution in [0.4, 0.5) is 0 Å². The van der Waals surface area contributed by atoms with E-state index < -0.39 is 41.1 Å². The Labute approximate surface area is 183 Å². The summed E-state index contributed by atoms with van der Waals surface area (Å²) in [5.74, 6) is -1.25. The van der Waals surface area contributed by atoms with Crippen molar-refractivity contribution in [2.75, 3.05) is 13.2 Å². The highest BCUT2D eigenvalue weighted by Crippen LogP contribution is 2.26. The van der Waals surface area contributed by atoms with Crippen molar-refractivity contribution in [2.45, 2.75) is 17.9 Å². The number of carbonyl (C=O) groups excluding carboxylic acids is 2. The maximum atomic E-state index is 12.0. The van der Waals surface area contributed by atoms with Crippen LogP contribution in [0.3, 0.4) is 0 Å². The summed E-state index contributed by atoms with van der Waals surface area (Å²) < 4.78 is 31.2. The van der Waals surface area contributed by atoms with E-state index in [1.807, 2.05) is 0 Å². The fourth-order valence-corrected chi connectivity index (χ4v) is 4.62. The molecule has 0 saturated heterocycles. The van der Waals surface area contributed by atoms with E-state index in [1.165, 1.54) is 6.07 Å². The third-order valence-corrected chi connectivity index (χ3v) is 6.16. The number of halogens is 2. The van der Waals surface area contributed by atoms with Crippen molar-refractivity contribution in [1.29, 1.82) is 0 Å². The number of aliphatic imine (C=N–C) groups is 1. The minimum absolute atomic E-state index is 0.0537. The second-order valence-electron chi connectivity index (χ2n) is 6.38. The van der Waals surface area contributed by atoms with Crippen LogP contribution in [-0.4, -0.2) is 39.3 Å². The van der Waals surface area contributed by atoms with Crippen molar-refractivity contribution in [3.63, 3.8) is 0 Å². The van der Waals surface area contributed by atoms with Gasteiger partial charge in [0.15, 0.2) is 6.61 Å². The summed E-state index contributed by atoms with van der Waals surface area (Å²) in [5.41, 5.74) is 1.04. The van der Waals surface area contributed by atoms with Gasteiger partial charge in [0.2, 0.25) is 0 Å². The number of ether oxygens (including phenoxy) is 1. The molecule has 0 fully saturated rings. The van der Waals surface area contributed by atoms with Gasteiger partial charge >= 0.3 is 5.97 Å². The molecule has 1 aliphatic rings. The lowest BCUT2D eigenvalue weighted by Crippen LogP contribution is -2.31. The molecule has 11 heteroatoms. The zero-order valence-corrected chi connectivity index (χ0v) is 18.0. The van der Waals surface area contributed by atoms with E-state index in [9.17, 15) is 18.0 Å². The van der Waals surface area contributed by atoms with E-state index in [0.29, 0.717) is 21.2 Å². The SMILES string of the molecule is CC(NC(=O)COC(=O)CN=C1NS(=O)(=O)c2ccccc21)c1ccc(Cl)cc1Cl. The highest BCUT2D eigenvalue weighted by molar-refractivity contribution is 7.90. The number of amidine groups is 1. The van der Waals surface area contributed by atoms with Gasteiger partial charge in [0.05, 0.1) is 10.9 Å². The maximum absolute atomic E-state index is 12.0. The Kier molecular flexibility index (Phi) is 6.64.